The van der Waals surface area contributed by atoms with Gasteiger partial charge in [0.05, 0.1) is 5.56 Å². The molecule has 0 fully saturated rings. The lowest BCUT2D eigenvalue weighted by atomic mass is 10.2. The van der Waals surface area contributed by atoms with Crippen LogP contribution in [0.4, 0.5) is 23.1 Å². The van der Waals surface area contributed by atoms with E-state index in [2.05, 4.69) is 20.6 Å². The monoisotopic (exact) mass is 365 g/mol. The van der Waals surface area contributed by atoms with Crippen LogP contribution in [0.1, 0.15) is 27.6 Å². The zero-order chi connectivity index (χ0) is 19.6. The van der Waals surface area contributed by atoms with Crippen molar-refractivity contribution in [2.45, 2.75) is 20.8 Å². The molecule has 0 aliphatic carbocycles. The highest BCUT2D eigenvalue weighted by molar-refractivity contribution is 6.05. The SMILES string of the molecule is Cc1cc(N(C)C)nc(Nc2ccc(NC(=O)c3cc(C)oc3C)cc2)n1. The van der Waals surface area contributed by atoms with Gasteiger partial charge in [-0.25, -0.2) is 4.98 Å². The summed E-state index contributed by atoms with van der Waals surface area (Å²) in [5, 5.41) is 6.06. The minimum atomic E-state index is -0.192. The van der Waals surface area contributed by atoms with Gasteiger partial charge in [0.25, 0.3) is 5.91 Å². The molecule has 0 bridgehead atoms. The van der Waals surface area contributed by atoms with Gasteiger partial charge in [-0.1, -0.05) is 0 Å². The van der Waals surface area contributed by atoms with Crippen molar-refractivity contribution in [1.82, 2.24) is 9.97 Å². The van der Waals surface area contributed by atoms with E-state index in [0.717, 1.165) is 17.2 Å². The predicted octanol–water partition coefficient (Wildman–Crippen LogP) is 4.06. The lowest BCUT2D eigenvalue weighted by molar-refractivity contribution is 0.102. The quantitative estimate of drug-likeness (QED) is 0.709. The number of rotatable bonds is 5. The zero-order valence-electron chi connectivity index (χ0n) is 16.1. The molecule has 1 aromatic carbocycles. The summed E-state index contributed by atoms with van der Waals surface area (Å²) in [4.78, 5) is 23.2. The Kier molecular flexibility index (Phi) is 5.12. The molecule has 3 rings (SSSR count). The van der Waals surface area contributed by atoms with Crippen LogP contribution in [-0.4, -0.2) is 30.0 Å². The normalized spacial score (nSPS) is 10.6. The molecule has 0 saturated carbocycles. The highest BCUT2D eigenvalue weighted by Crippen LogP contribution is 2.20. The zero-order valence-corrected chi connectivity index (χ0v) is 16.1. The van der Waals surface area contributed by atoms with Crippen LogP contribution in [0.25, 0.3) is 0 Å². The molecule has 7 nitrogen and oxygen atoms in total. The summed E-state index contributed by atoms with van der Waals surface area (Å²) in [6.07, 6.45) is 0. The fraction of sp³-hybridized carbons (Fsp3) is 0.250. The van der Waals surface area contributed by atoms with Gasteiger partial charge in [0.2, 0.25) is 5.95 Å². The number of nitrogens with one attached hydrogen (secondary N) is 2. The number of aromatic nitrogens is 2. The van der Waals surface area contributed by atoms with Crippen LogP contribution in [-0.2, 0) is 0 Å². The van der Waals surface area contributed by atoms with E-state index < -0.39 is 0 Å². The molecule has 7 heteroatoms. The van der Waals surface area contributed by atoms with Gasteiger partial charge in [-0.3, -0.25) is 4.79 Å². The molecule has 2 N–H and O–H groups in total. The highest BCUT2D eigenvalue weighted by atomic mass is 16.3. The maximum atomic E-state index is 12.4. The molecular weight excluding hydrogens is 342 g/mol. The van der Waals surface area contributed by atoms with E-state index in [9.17, 15) is 4.79 Å². The van der Waals surface area contributed by atoms with Crippen molar-refractivity contribution in [3.63, 3.8) is 0 Å². The maximum absolute atomic E-state index is 12.4. The summed E-state index contributed by atoms with van der Waals surface area (Å²) in [5.74, 6) is 2.49. The second-order valence-corrected chi connectivity index (χ2v) is 6.57. The molecule has 140 valence electrons. The first kappa shape index (κ1) is 18.4. The van der Waals surface area contributed by atoms with Crippen LogP contribution in [0.15, 0.2) is 40.8 Å². The second kappa shape index (κ2) is 7.49. The van der Waals surface area contributed by atoms with Gasteiger partial charge in [0.1, 0.15) is 17.3 Å². The Labute approximate surface area is 158 Å². The van der Waals surface area contributed by atoms with E-state index in [1.807, 2.05) is 63.2 Å². The molecular formula is C20H23N5O2. The summed E-state index contributed by atoms with van der Waals surface area (Å²) in [7, 11) is 3.87. The van der Waals surface area contributed by atoms with Crippen molar-refractivity contribution in [2.75, 3.05) is 29.6 Å². The van der Waals surface area contributed by atoms with Crippen molar-refractivity contribution < 1.29 is 9.21 Å². The van der Waals surface area contributed by atoms with Crippen LogP contribution < -0.4 is 15.5 Å². The van der Waals surface area contributed by atoms with E-state index in [4.69, 9.17) is 4.42 Å². The van der Waals surface area contributed by atoms with Gasteiger partial charge in [0, 0.05) is 37.2 Å². The van der Waals surface area contributed by atoms with Crippen LogP contribution in [0.2, 0.25) is 0 Å². The average molecular weight is 365 g/mol. The minimum Gasteiger partial charge on any atom is -0.466 e. The van der Waals surface area contributed by atoms with Gasteiger partial charge in [-0.2, -0.15) is 4.98 Å². The summed E-state index contributed by atoms with van der Waals surface area (Å²) >= 11 is 0. The molecule has 0 atom stereocenters. The topological polar surface area (TPSA) is 83.3 Å². The second-order valence-electron chi connectivity index (χ2n) is 6.57. The van der Waals surface area contributed by atoms with Crippen molar-refractivity contribution in [3.05, 3.63) is 59.2 Å². The fourth-order valence-electron chi connectivity index (χ4n) is 2.66. The maximum Gasteiger partial charge on any atom is 0.259 e. The van der Waals surface area contributed by atoms with Crippen LogP contribution >= 0.6 is 0 Å². The molecule has 0 saturated heterocycles. The standard InChI is InChI=1S/C20H23N5O2/c1-12-10-18(25(4)5)24-20(21-12)23-16-8-6-15(7-9-16)22-19(26)17-11-13(2)27-14(17)3/h6-11H,1-5H3,(H,22,26)(H,21,23,24). The van der Waals surface area contributed by atoms with Crippen molar-refractivity contribution in [1.29, 1.82) is 0 Å². The summed E-state index contributed by atoms with van der Waals surface area (Å²) in [5.41, 5.74) is 2.95. The Bertz CT molecular complexity index is 961. The number of hydrogen-bond donors (Lipinski definition) is 2. The van der Waals surface area contributed by atoms with Crippen molar-refractivity contribution in [3.8, 4) is 0 Å². The van der Waals surface area contributed by atoms with Gasteiger partial charge in [0.15, 0.2) is 0 Å². The molecule has 0 radical (unpaired) electrons. The lowest BCUT2D eigenvalue weighted by Gasteiger charge is -2.14. The summed E-state index contributed by atoms with van der Waals surface area (Å²) in [6, 6.07) is 11.0. The predicted molar refractivity (Wildman–Crippen MR) is 107 cm³/mol. The first-order valence-electron chi connectivity index (χ1n) is 8.60. The molecule has 2 heterocycles. The molecule has 0 unspecified atom stereocenters. The third-order valence-corrected chi connectivity index (χ3v) is 3.98. The number of carbonyl (C=O) groups is 1. The number of benzene rings is 1. The Hall–Kier alpha value is -3.35. The lowest BCUT2D eigenvalue weighted by Crippen LogP contribution is -2.13. The number of amides is 1. The molecule has 3 aromatic rings. The van der Waals surface area contributed by atoms with E-state index >= 15 is 0 Å². The highest BCUT2D eigenvalue weighted by Gasteiger charge is 2.13. The van der Waals surface area contributed by atoms with E-state index in [1.165, 1.54) is 0 Å². The first-order chi connectivity index (χ1) is 12.8. The molecule has 0 aliphatic rings. The number of furan rings is 1. The van der Waals surface area contributed by atoms with Gasteiger partial charge in [-0.15, -0.1) is 0 Å². The van der Waals surface area contributed by atoms with Crippen LogP contribution in [0.5, 0.6) is 0 Å². The number of hydrogen-bond acceptors (Lipinski definition) is 6. The minimum absolute atomic E-state index is 0.192. The van der Waals surface area contributed by atoms with Gasteiger partial charge < -0.3 is 20.0 Å². The number of aryl methyl sites for hydroxylation is 3. The Balaban J connectivity index is 1.70. The van der Waals surface area contributed by atoms with Crippen LogP contribution in [0.3, 0.4) is 0 Å². The largest absolute Gasteiger partial charge is 0.466 e. The van der Waals surface area contributed by atoms with Crippen molar-refractivity contribution >= 4 is 29.0 Å². The van der Waals surface area contributed by atoms with Gasteiger partial charge >= 0.3 is 0 Å². The summed E-state index contributed by atoms with van der Waals surface area (Å²) < 4.78 is 5.41. The Morgan fingerprint density at radius 3 is 2.26 bits per heavy atom. The number of anilines is 4. The van der Waals surface area contributed by atoms with E-state index in [0.29, 0.717) is 28.7 Å². The van der Waals surface area contributed by atoms with Gasteiger partial charge in [-0.05, 0) is 51.1 Å². The molecule has 0 spiro atoms. The first-order valence-corrected chi connectivity index (χ1v) is 8.60. The molecule has 0 aliphatic heterocycles. The summed E-state index contributed by atoms with van der Waals surface area (Å²) in [6.45, 7) is 5.52. The molecule has 2 aromatic heterocycles. The third kappa shape index (κ3) is 4.44. The third-order valence-electron chi connectivity index (χ3n) is 3.98. The smallest absolute Gasteiger partial charge is 0.259 e. The Morgan fingerprint density at radius 1 is 1.00 bits per heavy atom. The number of nitrogens with zero attached hydrogens (tertiary/aromatic N) is 3. The van der Waals surface area contributed by atoms with Crippen molar-refractivity contribution in [2.24, 2.45) is 0 Å². The Morgan fingerprint density at radius 2 is 1.67 bits per heavy atom. The molecule has 27 heavy (non-hydrogen) atoms. The fourth-order valence-corrected chi connectivity index (χ4v) is 2.66. The molecule has 1 amide bonds. The average Bonchev–Trinajstić information content (AvgIpc) is 2.94. The number of carbonyl (C=O) groups excluding carboxylic acids is 1. The van der Waals surface area contributed by atoms with Crippen LogP contribution in [0, 0.1) is 20.8 Å². The van der Waals surface area contributed by atoms with E-state index in [1.54, 1.807) is 13.0 Å². The van der Waals surface area contributed by atoms with E-state index in [-0.39, 0.29) is 5.91 Å².